The van der Waals surface area contributed by atoms with Crippen molar-refractivity contribution in [1.82, 2.24) is 4.98 Å². The van der Waals surface area contributed by atoms with Crippen LogP contribution in [0.3, 0.4) is 0 Å². The Balaban J connectivity index is 2.10. The molecule has 4 rings (SSSR count). The molecule has 1 atom stereocenters. The van der Waals surface area contributed by atoms with Crippen molar-refractivity contribution in [2.45, 2.75) is 25.9 Å². The molecule has 0 saturated carbocycles. The number of alkyl halides is 3. The highest BCUT2D eigenvalue weighted by atomic mass is 19.4. The van der Waals surface area contributed by atoms with E-state index < -0.39 is 17.7 Å². The van der Waals surface area contributed by atoms with Crippen molar-refractivity contribution in [2.75, 3.05) is 0 Å². The molecular weight excluding hydrogens is 323 g/mol. The molecular formula is C21H16F3N. The average Bonchev–Trinajstić information content (AvgIpc) is 2.87. The second kappa shape index (κ2) is 5.45. The fraction of sp³-hybridized carbons (Fsp3) is 0.190. The van der Waals surface area contributed by atoms with Crippen molar-refractivity contribution in [3.8, 4) is 11.3 Å². The van der Waals surface area contributed by atoms with Gasteiger partial charge in [0.05, 0.1) is 11.3 Å². The highest BCUT2D eigenvalue weighted by Gasteiger charge is 2.42. The smallest absolute Gasteiger partial charge is 0.253 e. The van der Waals surface area contributed by atoms with E-state index >= 15 is 0 Å². The minimum absolute atomic E-state index is 0.268. The summed E-state index contributed by atoms with van der Waals surface area (Å²) in [5, 5.41) is 0. The summed E-state index contributed by atoms with van der Waals surface area (Å²) in [6.07, 6.45) is -4.41. The molecule has 0 radical (unpaired) electrons. The highest BCUT2D eigenvalue weighted by molar-refractivity contribution is 5.80. The third-order valence-corrected chi connectivity index (χ3v) is 4.69. The van der Waals surface area contributed by atoms with Crippen LogP contribution in [0.4, 0.5) is 13.2 Å². The summed E-state index contributed by atoms with van der Waals surface area (Å²) >= 11 is 0. The number of hydrogen-bond donors (Lipinski definition) is 0. The van der Waals surface area contributed by atoms with Crippen molar-refractivity contribution < 1.29 is 13.2 Å². The van der Waals surface area contributed by atoms with Crippen molar-refractivity contribution in [3.63, 3.8) is 0 Å². The van der Waals surface area contributed by atoms with Crippen molar-refractivity contribution in [3.05, 3.63) is 88.1 Å². The summed E-state index contributed by atoms with van der Waals surface area (Å²) in [6.45, 7) is 3.55. The Hall–Kier alpha value is -2.62. The number of rotatable bonds is 1. The Bertz CT molecular complexity index is 959. The third-order valence-electron chi connectivity index (χ3n) is 4.69. The van der Waals surface area contributed by atoms with E-state index in [0.717, 1.165) is 28.3 Å². The molecule has 0 spiro atoms. The van der Waals surface area contributed by atoms with Gasteiger partial charge in [0.25, 0.3) is 0 Å². The fourth-order valence-electron chi connectivity index (χ4n) is 3.69. The summed E-state index contributed by atoms with van der Waals surface area (Å²) in [7, 11) is 0. The second-order valence-corrected chi connectivity index (χ2v) is 6.51. The first-order chi connectivity index (χ1) is 11.9. The minimum Gasteiger partial charge on any atom is -0.253 e. The van der Waals surface area contributed by atoms with Crippen LogP contribution < -0.4 is 0 Å². The fourth-order valence-corrected chi connectivity index (χ4v) is 3.69. The molecule has 2 aromatic carbocycles. The Kier molecular flexibility index (Phi) is 3.46. The maximum atomic E-state index is 13.8. The molecule has 0 saturated heterocycles. The van der Waals surface area contributed by atoms with Crippen LogP contribution in [0, 0.1) is 13.8 Å². The van der Waals surface area contributed by atoms with Crippen LogP contribution in [0.5, 0.6) is 0 Å². The quantitative estimate of drug-likeness (QED) is 0.422. The molecule has 126 valence electrons. The summed E-state index contributed by atoms with van der Waals surface area (Å²) in [6, 6.07) is 16.3. The van der Waals surface area contributed by atoms with E-state index in [4.69, 9.17) is 0 Å². The first kappa shape index (κ1) is 15.9. The lowest BCUT2D eigenvalue weighted by Gasteiger charge is -2.19. The molecule has 1 unspecified atom stereocenters. The van der Waals surface area contributed by atoms with Crippen LogP contribution in [0.2, 0.25) is 0 Å². The van der Waals surface area contributed by atoms with E-state index in [-0.39, 0.29) is 5.56 Å². The molecule has 4 heteroatoms. The van der Waals surface area contributed by atoms with E-state index in [9.17, 15) is 13.2 Å². The lowest BCUT2D eigenvalue weighted by Crippen LogP contribution is -2.13. The van der Waals surface area contributed by atoms with Gasteiger partial charge >= 0.3 is 6.18 Å². The van der Waals surface area contributed by atoms with Gasteiger partial charge in [-0.2, -0.15) is 13.2 Å². The van der Waals surface area contributed by atoms with Gasteiger partial charge < -0.3 is 0 Å². The zero-order valence-corrected chi connectivity index (χ0v) is 13.9. The molecule has 0 bridgehead atoms. The van der Waals surface area contributed by atoms with Crippen LogP contribution in [0.1, 0.15) is 39.4 Å². The van der Waals surface area contributed by atoms with Gasteiger partial charge in [-0.05, 0) is 37.1 Å². The van der Waals surface area contributed by atoms with Gasteiger partial charge in [0.2, 0.25) is 0 Å². The van der Waals surface area contributed by atoms with Gasteiger partial charge in [0.1, 0.15) is 0 Å². The van der Waals surface area contributed by atoms with Gasteiger partial charge in [0, 0.05) is 22.7 Å². The molecule has 1 aliphatic rings. The number of hydrogen-bond acceptors (Lipinski definition) is 1. The second-order valence-electron chi connectivity index (χ2n) is 6.51. The third kappa shape index (κ3) is 2.53. The first-order valence-electron chi connectivity index (χ1n) is 8.11. The van der Waals surface area contributed by atoms with Gasteiger partial charge in [-0.25, -0.2) is 0 Å². The van der Waals surface area contributed by atoms with Crippen molar-refractivity contribution in [1.29, 1.82) is 0 Å². The lowest BCUT2D eigenvalue weighted by atomic mass is 9.87. The number of halogens is 3. The largest absolute Gasteiger partial charge is 0.416 e. The zero-order chi connectivity index (χ0) is 17.8. The maximum absolute atomic E-state index is 13.8. The Morgan fingerprint density at radius 3 is 2.32 bits per heavy atom. The number of benzene rings is 2. The highest BCUT2D eigenvalue weighted by Crippen LogP contribution is 2.51. The SMILES string of the molecule is Cc1ccc2c(c1)-c1nc(C)cc(C(F)(F)F)c1C2c1ccccc1. The topological polar surface area (TPSA) is 12.9 Å². The molecule has 0 aliphatic heterocycles. The predicted octanol–water partition coefficient (Wildman–Crippen LogP) is 5.88. The van der Waals surface area contributed by atoms with Crippen molar-refractivity contribution >= 4 is 0 Å². The van der Waals surface area contributed by atoms with Crippen LogP contribution in [0.15, 0.2) is 54.6 Å². The molecule has 3 aromatic rings. The molecule has 1 aliphatic carbocycles. The van der Waals surface area contributed by atoms with E-state index in [0.29, 0.717) is 11.4 Å². The predicted molar refractivity (Wildman–Crippen MR) is 91.5 cm³/mol. The Morgan fingerprint density at radius 1 is 0.920 bits per heavy atom. The van der Waals surface area contributed by atoms with Crippen LogP contribution in [0.25, 0.3) is 11.3 Å². The number of pyridine rings is 1. The molecule has 0 fully saturated rings. The van der Waals surface area contributed by atoms with E-state index in [1.54, 1.807) is 6.92 Å². The summed E-state index contributed by atoms with van der Waals surface area (Å²) in [4.78, 5) is 4.49. The van der Waals surface area contributed by atoms with Gasteiger partial charge in [-0.3, -0.25) is 4.98 Å². The van der Waals surface area contributed by atoms with E-state index in [2.05, 4.69) is 4.98 Å². The van der Waals surface area contributed by atoms with Crippen molar-refractivity contribution in [2.24, 2.45) is 0 Å². The van der Waals surface area contributed by atoms with Crippen LogP contribution in [-0.4, -0.2) is 4.98 Å². The van der Waals surface area contributed by atoms with E-state index in [1.165, 1.54) is 0 Å². The average molecular weight is 339 g/mol. The van der Waals surface area contributed by atoms with Gasteiger partial charge in [-0.15, -0.1) is 0 Å². The normalized spacial score (nSPS) is 15.8. The summed E-state index contributed by atoms with van der Waals surface area (Å²) in [5.74, 6) is -0.448. The molecule has 0 amide bonds. The maximum Gasteiger partial charge on any atom is 0.416 e. The van der Waals surface area contributed by atoms with E-state index in [1.807, 2.05) is 55.5 Å². The molecule has 25 heavy (non-hydrogen) atoms. The monoisotopic (exact) mass is 339 g/mol. The summed E-state index contributed by atoms with van der Waals surface area (Å²) < 4.78 is 41.4. The Labute approximate surface area is 144 Å². The molecule has 1 nitrogen and oxygen atoms in total. The molecule has 1 aromatic heterocycles. The number of aryl methyl sites for hydroxylation is 2. The van der Waals surface area contributed by atoms with Gasteiger partial charge in [0.15, 0.2) is 0 Å². The number of fused-ring (bicyclic) bond motifs is 3. The Morgan fingerprint density at radius 2 is 1.64 bits per heavy atom. The number of nitrogens with zero attached hydrogens (tertiary/aromatic N) is 1. The molecule has 0 N–H and O–H groups in total. The lowest BCUT2D eigenvalue weighted by molar-refractivity contribution is -0.138. The first-order valence-corrected chi connectivity index (χ1v) is 8.11. The molecule has 1 heterocycles. The van der Waals surface area contributed by atoms with Crippen LogP contribution in [-0.2, 0) is 6.18 Å². The van der Waals surface area contributed by atoms with Gasteiger partial charge in [-0.1, -0.05) is 48.0 Å². The van der Waals surface area contributed by atoms with Crippen LogP contribution >= 0.6 is 0 Å². The number of aromatic nitrogens is 1. The standard InChI is InChI=1S/C21H16F3N/c1-12-8-9-15-16(10-12)20-19(18(15)14-6-4-3-5-7-14)17(21(22,23)24)11-13(2)25-20/h3-11,18H,1-2H3. The zero-order valence-electron chi connectivity index (χ0n) is 13.9. The minimum atomic E-state index is -4.41. The summed E-state index contributed by atoms with van der Waals surface area (Å²) in [5.41, 5.74) is 4.07.